The maximum Gasteiger partial charge on any atom is 0.283 e. The summed E-state index contributed by atoms with van der Waals surface area (Å²) in [5.74, 6) is 0. The van der Waals surface area contributed by atoms with Crippen molar-refractivity contribution < 1.29 is 22.5 Å². The molecule has 0 N–H and O–H groups in total. The zero-order valence-electron chi connectivity index (χ0n) is 13.9. The molecule has 0 aliphatic carbocycles. The number of rotatable bonds is 2. The van der Waals surface area contributed by atoms with Crippen LogP contribution in [0.15, 0.2) is 64.2 Å². The highest BCUT2D eigenvalue weighted by atomic mass is 79.9. The topological polar surface area (TPSA) is 104 Å². The van der Waals surface area contributed by atoms with Crippen LogP contribution in [0.5, 0.6) is 0 Å². The first-order valence-electron chi connectivity index (χ1n) is 7.34. The van der Waals surface area contributed by atoms with Gasteiger partial charge in [-0.2, -0.15) is 0 Å². The molecule has 3 aromatic rings. The SMILES string of the molecule is C[n+]1ccc2c(Br)ccc([N+](=O)[O-])c2c1.Cc1ccc(S(=O)(=O)[O-])cc1. The molecule has 0 aliphatic heterocycles. The molecular weight excluding hydrogens is 424 g/mol. The molecule has 0 saturated carbocycles. The first-order valence-corrected chi connectivity index (χ1v) is 9.54. The number of aromatic nitrogens is 1. The molecule has 0 unspecified atom stereocenters. The van der Waals surface area contributed by atoms with Crippen molar-refractivity contribution in [2.24, 2.45) is 7.05 Å². The number of nitrogens with zero attached hydrogens (tertiary/aromatic N) is 2. The van der Waals surface area contributed by atoms with E-state index in [2.05, 4.69) is 15.9 Å². The van der Waals surface area contributed by atoms with Gasteiger partial charge in [0.25, 0.3) is 5.69 Å². The van der Waals surface area contributed by atoms with Crippen LogP contribution < -0.4 is 4.57 Å². The third-order valence-corrected chi connectivity index (χ3v) is 5.07. The van der Waals surface area contributed by atoms with Crippen LogP contribution in [0.4, 0.5) is 5.69 Å². The van der Waals surface area contributed by atoms with Gasteiger partial charge in [-0.15, -0.1) is 0 Å². The number of fused-ring (bicyclic) bond motifs is 1. The van der Waals surface area contributed by atoms with Crippen LogP contribution >= 0.6 is 15.9 Å². The molecule has 0 saturated heterocycles. The molecule has 7 nitrogen and oxygen atoms in total. The Morgan fingerprint density at radius 3 is 2.19 bits per heavy atom. The third-order valence-electron chi connectivity index (χ3n) is 3.53. The average molecular weight is 439 g/mol. The first kappa shape index (κ1) is 20.0. The molecule has 1 heterocycles. The molecule has 9 heteroatoms. The number of hydrogen-bond acceptors (Lipinski definition) is 5. The van der Waals surface area contributed by atoms with Crippen molar-refractivity contribution in [3.8, 4) is 0 Å². The fourth-order valence-corrected chi connectivity index (χ4v) is 3.15. The number of aryl methyl sites for hydroxylation is 2. The van der Waals surface area contributed by atoms with Crippen LogP contribution in [0.1, 0.15) is 5.56 Å². The van der Waals surface area contributed by atoms with Gasteiger partial charge in [0, 0.05) is 22.0 Å². The summed E-state index contributed by atoms with van der Waals surface area (Å²) in [6.07, 6.45) is 3.61. The van der Waals surface area contributed by atoms with E-state index >= 15 is 0 Å². The Labute approximate surface area is 158 Å². The van der Waals surface area contributed by atoms with Gasteiger partial charge >= 0.3 is 0 Å². The second-order valence-corrected chi connectivity index (χ2v) is 7.76. The summed E-state index contributed by atoms with van der Waals surface area (Å²) in [4.78, 5) is 10.3. The largest absolute Gasteiger partial charge is 0.744 e. The standard InChI is InChI=1S/C10H8BrN2O2.C7H8O3S/c1-12-5-4-7-8(6-12)10(13(14)15)3-2-9(7)11;1-6-2-4-7(5-3-6)11(8,9)10/h2-6H,1H3;2-5H,1H3,(H,8,9,10)/q+1;/p-1. The fraction of sp³-hybridized carbons (Fsp3) is 0.118. The monoisotopic (exact) mass is 438 g/mol. The van der Waals surface area contributed by atoms with Gasteiger partial charge in [0.05, 0.1) is 9.82 Å². The van der Waals surface area contributed by atoms with Gasteiger partial charge in [-0.3, -0.25) is 10.1 Å². The van der Waals surface area contributed by atoms with E-state index in [0.717, 1.165) is 15.4 Å². The van der Waals surface area contributed by atoms with Crippen LogP contribution in [0.3, 0.4) is 0 Å². The van der Waals surface area contributed by atoms with E-state index in [4.69, 9.17) is 0 Å². The van der Waals surface area contributed by atoms with Crippen LogP contribution in [0.2, 0.25) is 0 Å². The zero-order valence-corrected chi connectivity index (χ0v) is 16.3. The number of nitro groups is 1. The lowest BCUT2D eigenvalue weighted by molar-refractivity contribution is -0.670. The van der Waals surface area contributed by atoms with Gasteiger partial charge in [-0.25, -0.2) is 13.0 Å². The van der Waals surface area contributed by atoms with Gasteiger partial charge in [-0.1, -0.05) is 33.6 Å². The molecule has 3 rings (SSSR count). The fourth-order valence-electron chi connectivity index (χ4n) is 2.21. The van der Waals surface area contributed by atoms with Crippen molar-refractivity contribution in [2.45, 2.75) is 11.8 Å². The molecule has 2 aromatic carbocycles. The first-order chi connectivity index (χ1) is 12.1. The maximum atomic E-state index is 10.8. The van der Waals surface area contributed by atoms with Gasteiger partial charge < -0.3 is 4.55 Å². The highest BCUT2D eigenvalue weighted by Crippen LogP contribution is 2.29. The summed E-state index contributed by atoms with van der Waals surface area (Å²) >= 11 is 3.37. The van der Waals surface area contributed by atoms with Crippen molar-refractivity contribution in [1.82, 2.24) is 0 Å². The summed E-state index contributed by atoms with van der Waals surface area (Å²) in [5.41, 5.74) is 1.06. The smallest absolute Gasteiger partial charge is 0.283 e. The molecule has 0 spiro atoms. The van der Waals surface area contributed by atoms with Crippen LogP contribution in [-0.2, 0) is 17.2 Å². The molecule has 26 heavy (non-hydrogen) atoms. The van der Waals surface area contributed by atoms with Crippen LogP contribution in [-0.4, -0.2) is 17.9 Å². The van der Waals surface area contributed by atoms with Gasteiger partial charge in [0.2, 0.25) is 0 Å². The number of benzene rings is 2. The van der Waals surface area contributed by atoms with Crippen molar-refractivity contribution in [3.63, 3.8) is 0 Å². The normalized spacial score (nSPS) is 10.9. The van der Waals surface area contributed by atoms with E-state index < -0.39 is 10.1 Å². The number of pyridine rings is 1. The predicted octanol–water partition coefficient (Wildman–Crippen LogP) is 3.23. The lowest BCUT2D eigenvalue weighted by Gasteiger charge is -2.05. The predicted molar refractivity (Wildman–Crippen MR) is 98.6 cm³/mol. The van der Waals surface area contributed by atoms with Crippen molar-refractivity contribution in [2.75, 3.05) is 0 Å². The molecule has 0 aliphatic rings. The van der Waals surface area contributed by atoms with E-state index in [1.54, 1.807) is 29.0 Å². The highest BCUT2D eigenvalue weighted by Gasteiger charge is 2.15. The second kappa shape index (κ2) is 7.90. The number of halogens is 1. The molecule has 136 valence electrons. The van der Waals surface area contributed by atoms with Gasteiger partial charge in [0.15, 0.2) is 12.4 Å². The lowest BCUT2D eigenvalue weighted by Crippen LogP contribution is -2.26. The van der Waals surface area contributed by atoms with E-state index in [9.17, 15) is 23.1 Å². The number of hydrogen-bond donors (Lipinski definition) is 0. The molecule has 0 amide bonds. The minimum atomic E-state index is -4.27. The summed E-state index contributed by atoms with van der Waals surface area (Å²) in [5, 5.41) is 12.3. The highest BCUT2D eigenvalue weighted by molar-refractivity contribution is 9.10. The van der Waals surface area contributed by atoms with Crippen LogP contribution in [0, 0.1) is 17.0 Å². The Bertz CT molecular complexity index is 1070. The quantitative estimate of drug-likeness (QED) is 0.264. The Morgan fingerprint density at radius 1 is 1.04 bits per heavy atom. The van der Waals surface area contributed by atoms with Gasteiger partial charge in [-0.05, 0) is 25.1 Å². The van der Waals surface area contributed by atoms with Crippen molar-refractivity contribution in [1.29, 1.82) is 0 Å². The average Bonchev–Trinajstić information content (AvgIpc) is 2.54. The minimum absolute atomic E-state index is 0.129. The second-order valence-electron chi connectivity index (χ2n) is 5.53. The molecule has 1 aromatic heterocycles. The molecule has 0 fully saturated rings. The molecule has 0 atom stereocenters. The number of nitro benzene ring substituents is 1. The minimum Gasteiger partial charge on any atom is -0.744 e. The third kappa shape index (κ3) is 4.84. The van der Waals surface area contributed by atoms with Crippen molar-refractivity contribution in [3.05, 3.63) is 75.0 Å². The molecular formula is C17H15BrN2O5S. The summed E-state index contributed by atoms with van der Waals surface area (Å²) in [6.45, 7) is 1.82. The Hall–Kier alpha value is -2.36. The number of non-ortho nitro benzene ring substituents is 1. The molecule has 0 bridgehead atoms. The van der Waals surface area contributed by atoms with E-state index in [0.29, 0.717) is 5.39 Å². The van der Waals surface area contributed by atoms with E-state index in [-0.39, 0.29) is 15.5 Å². The van der Waals surface area contributed by atoms with Crippen molar-refractivity contribution >= 4 is 42.5 Å². The summed E-state index contributed by atoms with van der Waals surface area (Å²) in [6, 6.07) is 10.8. The Morgan fingerprint density at radius 2 is 1.65 bits per heavy atom. The lowest BCUT2D eigenvalue weighted by atomic mass is 10.1. The van der Waals surface area contributed by atoms with E-state index in [1.807, 2.05) is 26.2 Å². The molecule has 0 radical (unpaired) electrons. The van der Waals surface area contributed by atoms with E-state index in [1.165, 1.54) is 18.2 Å². The van der Waals surface area contributed by atoms with Gasteiger partial charge in [0.1, 0.15) is 22.6 Å². The summed E-state index contributed by atoms with van der Waals surface area (Å²) < 4.78 is 33.8. The zero-order chi connectivity index (χ0) is 19.5. The Kier molecular flexibility index (Phi) is 6.06. The summed E-state index contributed by atoms with van der Waals surface area (Å²) in [7, 11) is -2.43. The van der Waals surface area contributed by atoms with Crippen LogP contribution in [0.25, 0.3) is 10.8 Å². The Balaban J connectivity index is 0.000000197. The maximum absolute atomic E-state index is 10.8.